The van der Waals surface area contributed by atoms with Crippen molar-refractivity contribution in [3.63, 3.8) is 0 Å². The summed E-state index contributed by atoms with van der Waals surface area (Å²) in [6, 6.07) is 11.6. The van der Waals surface area contributed by atoms with Crippen LogP contribution in [-0.2, 0) is 22.4 Å². The number of carbonyl (C=O) groups is 2. The smallest absolute Gasteiger partial charge is 0.326 e. The third-order valence-corrected chi connectivity index (χ3v) is 3.50. The largest absolute Gasteiger partial charge is 0.496 e. The minimum Gasteiger partial charge on any atom is -0.496 e. The number of halogens is 1. The first-order chi connectivity index (χ1) is 11.5. The first-order valence-electron chi connectivity index (χ1n) is 7.38. The number of ether oxygens (including phenoxy) is 1. The molecule has 24 heavy (non-hydrogen) atoms. The van der Waals surface area contributed by atoms with E-state index >= 15 is 0 Å². The minimum atomic E-state index is -1.14. The molecule has 0 unspecified atom stereocenters. The van der Waals surface area contributed by atoms with E-state index in [4.69, 9.17) is 4.74 Å². The number of benzene rings is 2. The second kappa shape index (κ2) is 8.10. The molecule has 0 radical (unpaired) electrons. The number of para-hydroxylation sites is 1. The van der Waals surface area contributed by atoms with Crippen molar-refractivity contribution in [3.05, 3.63) is 65.5 Å². The summed E-state index contributed by atoms with van der Waals surface area (Å²) in [5, 5.41) is 11.8. The highest BCUT2D eigenvalue weighted by Gasteiger charge is 2.22. The van der Waals surface area contributed by atoms with Crippen LogP contribution in [0.2, 0.25) is 0 Å². The zero-order valence-electron chi connectivity index (χ0n) is 13.2. The number of nitrogens with one attached hydrogen (secondary N) is 1. The highest BCUT2D eigenvalue weighted by atomic mass is 19.1. The van der Waals surface area contributed by atoms with Crippen molar-refractivity contribution in [2.24, 2.45) is 0 Å². The summed E-state index contributed by atoms with van der Waals surface area (Å²) in [4.78, 5) is 23.5. The lowest BCUT2D eigenvalue weighted by atomic mass is 10.0. The molecule has 0 aliphatic carbocycles. The number of carbonyl (C=O) groups excluding carboxylic acids is 1. The molecule has 2 rings (SSSR count). The molecule has 2 N–H and O–H groups in total. The van der Waals surface area contributed by atoms with Crippen LogP contribution < -0.4 is 10.1 Å². The van der Waals surface area contributed by atoms with Gasteiger partial charge in [0.2, 0.25) is 5.91 Å². The molecule has 0 aliphatic rings. The Kier molecular flexibility index (Phi) is 5.89. The number of hydrogen-bond donors (Lipinski definition) is 2. The Morgan fingerprint density at radius 1 is 1.21 bits per heavy atom. The van der Waals surface area contributed by atoms with E-state index in [2.05, 4.69) is 5.32 Å². The molecule has 0 bridgehead atoms. The van der Waals surface area contributed by atoms with Crippen molar-refractivity contribution in [2.75, 3.05) is 7.11 Å². The lowest BCUT2D eigenvalue weighted by Crippen LogP contribution is -2.43. The van der Waals surface area contributed by atoms with Crippen LogP contribution in [-0.4, -0.2) is 30.1 Å². The molecule has 0 aromatic heterocycles. The van der Waals surface area contributed by atoms with E-state index in [9.17, 15) is 19.1 Å². The number of aliphatic carboxylic acids is 1. The maximum absolute atomic E-state index is 13.1. The number of amides is 1. The van der Waals surface area contributed by atoms with Gasteiger partial charge in [0.15, 0.2) is 0 Å². The predicted octanol–water partition coefficient (Wildman–Crippen LogP) is 2.19. The molecule has 6 heteroatoms. The van der Waals surface area contributed by atoms with Gasteiger partial charge in [-0.15, -0.1) is 0 Å². The van der Waals surface area contributed by atoms with Gasteiger partial charge in [0.1, 0.15) is 17.6 Å². The van der Waals surface area contributed by atoms with Gasteiger partial charge in [-0.05, 0) is 29.3 Å². The molecule has 1 amide bonds. The Morgan fingerprint density at radius 3 is 2.62 bits per heavy atom. The molecule has 2 aromatic carbocycles. The van der Waals surface area contributed by atoms with Crippen LogP contribution in [0.15, 0.2) is 48.5 Å². The Hall–Kier alpha value is -2.89. The highest BCUT2D eigenvalue weighted by Crippen LogP contribution is 2.19. The van der Waals surface area contributed by atoms with E-state index < -0.39 is 23.7 Å². The van der Waals surface area contributed by atoms with Crippen LogP contribution in [0.4, 0.5) is 4.39 Å². The number of carboxylic acids is 1. The fourth-order valence-electron chi connectivity index (χ4n) is 2.37. The van der Waals surface area contributed by atoms with Crippen molar-refractivity contribution < 1.29 is 23.8 Å². The molecule has 5 nitrogen and oxygen atoms in total. The fourth-order valence-corrected chi connectivity index (χ4v) is 2.37. The number of methoxy groups -OCH3 is 1. The normalized spacial score (nSPS) is 11.6. The van der Waals surface area contributed by atoms with Crippen molar-refractivity contribution >= 4 is 11.9 Å². The van der Waals surface area contributed by atoms with Crippen LogP contribution >= 0.6 is 0 Å². The fraction of sp³-hybridized carbons (Fsp3) is 0.222. The summed E-state index contributed by atoms with van der Waals surface area (Å²) in [5.74, 6) is -1.51. The molecule has 0 aliphatic heterocycles. The maximum atomic E-state index is 13.1. The second-order valence-electron chi connectivity index (χ2n) is 5.28. The van der Waals surface area contributed by atoms with Crippen molar-refractivity contribution in [3.8, 4) is 5.75 Å². The zero-order valence-corrected chi connectivity index (χ0v) is 13.2. The van der Waals surface area contributed by atoms with Gasteiger partial charge in [-0.2, -0.15) is 0 Å². The molecule has 0 spiro atoms. The molecule has 2 aromatic rings. The molecular weight excluding hydrogens is 313 g/mol. The molecule has 0 heterocycles. The van der Waals surface area contributed by atoms with Gasteiger partial charge in [0.05, 0.1) is 13.5 Å². The van der Waals surface area contributed by atoms with Crippen LogP contribution in [0, 0.1) is 5.82 Å². The van der Waals surface area contributed by atoms with Crippen LogP contribution in [0.5, 0.6) is 5.75 Å². The third kappa shape index (κ3) is 4.81. The highest BCUT2D eigenvalue weighted by molar-refractivity contribution is 5.85. The summed E-state index contributed by atoms with van der Waals surface area (Å²) < 4.78 is 18.3. The Bertz CT molecular complexity index is 732. The second-order valence-corrected chi connectivity index (χ2v) is 5.28. The first-order valence-corrected chi connectivity index (χ1v) is 7.38. The monoisotopic (exact) mass is 331 g/mol. The molecule has 0 fully saturated rings. The van der Waals surface area contributed by atoms with Crippen LogP contribution in [0.25, 0.3) is 0 Å². The van der Waals surface area contributed by atoms with Gasteiger partial charge in [0.25, 0.3) is 0 Å². The van der Waals surface area contributed by atoms with E-state index in [0.29, 0.717) is 16.9 Å². The van der Waals surface area contributed by atoms with Gasteiger partial charge >= 0.3 is 5.97 Å². The Balaban J connectivity index is 2.05. The number of rotatable bonds is 7. The summed E-state index contributed by atoms with van der Waals surface area (Å²) >= 11 is 0. The van der Waals surface area contributed by atoms with Crippen LogP contribution in [0.1, 0.15) is 11.1 Å². The van der Waals surface area contributed by atoms with E-state index in [1.165, 1.54) is 25.3 Å². The Morgan fingerprint density at radius 2 is 1.96 bits per heavy atom. The molecule has 0 saturated carbocycles. The quantitative estimate of drug-likeness (QED) is 0.815. The Labute approximate surface area is 139 Å². The maximum Gasteiger partial charge on any atom is 0.326 e. The minimum absolute atomic E-state index is 0.0898. The number of hydrogen-bond acceptors (Lipinski definition) is 3. The molecular formula is C18H18FNO4. The van der Waals surface area contributed by atoms with Crippen molar-refractivity contribution in [1.29, 1.82) is 0 Å². The lowest BCUT2D eigenvalue weighted by molar-refractivity contribution is -0.141. The van der Waals surface area contributed by atoms with E-state index in [1.807, 2.05) is 0 Å². The summed E-state index contributed by atoms with van der Waals surface area (Å²) in [6.45, 7) is 0. The third-order valence-electron chi connectivity index (χ3n) is 3.50. The first kappa shape index (κ1) is 17.5. The summed E-state index contributed by atoms with van der Waals surface area (Å²) in [6.07, 6.45) is 0.00169. The van der Waals surface area contributed by atoms with Crippen molar-refractivity contribution in [1.82, 2.24) is 5.32 Å². The van der Waals surface area contributed by atoms with Gasteiger partial charge in [-0.1, -0.05) is 30.3 Å². The number of carboxylic acid groups (broad SMARTS) is 1. The molecule has 126 valence electrons. The van der Waals surface area contributed by atoms with E-state index in [-0.39, 0.29) is 12.8 Å². The molecule has 1 atom stereocenters. The van der Waals surface area contributed by atoms with E-state index in [1.54, 1.807) is 30.3 Å². The van der Waals surface area contributed by atoms with Gasteiger partial charge in [-0.3, -0.25) is 4.79 Å². The van der Waals surface area contributed by atoms with Crippen LogP contribution in [0.3, 0.4) is 0 Å². The average molecular weight is 331 g/mol. The van der Waals surface area contributed by atoms with Gasteiger partial charge in [0, 0.05) is 6.42 Å². The van der Waals surface area contributed by atoms with Crippen molar-refractivity contribution in [2.45, 2.75) is 18.9 Å². The summed E-state index contributed by atoms with van der Waals surface area (Å²) in [7, 11) is 1.50. The average Bonchev–Trinajstić information content (AvgIpc) is 2.54. The van der Waals surface area contributed by atoms with E-state index in [0.717, 1.165) is 0 Å². The SMILES string of the molecule is COc1ccccc1C[C@@H](NC(=O)Cc1cccc(F)c1)C(=O)O. The van der Waals surface area contributed by atoms with Gasteiger partial charge < -0.3 is 15.2 Å². The molecule has 0 saturated heterocycles. The van der Waals surface area contributed by atoms with Gasteiger partial charge in [-0.25, -0.2) is 9.18 Å². The standard InChI is InChI=1S/C18H18FNO4/c1-24-16-8-3-2-6-13(16)11-15(18(22)23)20-17(21)10-12-5-4-7-14(19)9-12/h2-9,15H,10-11H2,1H3,(H,20,21)(H,22,23)/t15-/m1/s1. The topological polar surface area (TPSA) is 75.6 Å². The zero-order chi connectivity index (χ0) is 17.5. The lowest BCUT2D eigenvalue weighted by Gasteiger charge is -2.16. The predicted molar refractivity (Wildman–Crippen MR) is 86.4 cm³/mol. The summed E-state index contributed by atoms with van der Waals surface area (Å²) in [5.41, 5.74) is 1.16.